The van der Waals surface area contributed by atoms with Crippen molar-refractivity contribution in [3.8, 4) is 0 Å². The highest BCUT2D eigenvalue weighted by molar-refractivity contribution is 6.21. The summed E-state index contributed by atoms with van der Waals surface area (Å²) in [4.78, 5) is 17.4. The molecular formula is C18H34ClN3O. The molecule has 2 heterocycles. The zero-order chi connectivity index (χ0) is 16.8. The molecule has 2 rings (SSSR count). The Hall–Kier alpha value is -0.480. The molecule has 0 N–H and O–H groups in total. The molecule has 4 nitrogen and oxygen atoms in total. The third kappa shape index (κ3) is 4.99. The number of carbonyl (C=O) groups excluding carboxylic acids is 1. The highest BCUT2D eigenvalue weighted by atomic mass is 35.5. The summed E-state index contributed by atoms with van der Waals surface area (Å²) >= 11 is 6.25. The van der Waals surface area contributed by atoms with Crippen molar-refractivity contribution in [2.24, 2.45) is 0 Å². The van der Waals surface area contributed by atoms with Gasteiger partial charge in [0.2, 0.25) is 0 Å². The molecule has 2 fully saturated rings. The average molecular weight is 344 g/mol. The topological polar surface area (TPSA) is 26.8 Å². The first-order valence-corrected chi connectivity index (χ1v) is 9.88. The smallest absolute Gasteiger partial charge is 0.318 e. The summed E-state index contributed by atoms with van der Waals surface area (Å²) in [6.45, 7) is 9.64. The summed E-state index contributed by atoms with van der Waals surface area (Å²) in [6.07, 6.45) is 9.44. The largest absolute Gasteiger partial charge is 0.335 e. The van der Waals surface area contributed by atoms with Gasteiger partial charge in [-0.05, 0) is 59.0 Å². The normalized spacial score (nSPS) is 29.6. The number of unbranched alkanes of at least 4 members (excludes halogenated alkanes) is 2. The van der Waals surface area contributed by atoms with E-state index in [0.717, 1.165) is 32.1 Å². The van der Waals surface area contributed by atoms with Crippen molar-refractivity contribution in [3.05, 3.63) is 0 Å². The van der Waals surface area contributed by atoms with Gasteiger partial charge < -0.3 is 9.80 Å². The predicted octanol–water partition coefficient (Wildman–Crippen LogP) is 4.48. The second-order valence-electron chi connectivity index (χ2n) is 7.40. The van der Waals surface area contributed by atoms with Crippen LogP contribution >= 0.6 is 11.8 Å². The van der Waals surface area contributed by atoms with Gasteiger partial charge in [-0.2, -0.15) is 0 Å². The van der Waals surface area contributed by atoms with Crippen molar-refractivity contribution in [1.82, 2.24) is 14.2 Å². The van der Waals surface area contributed by atoms with Crippen molar-refractivity contribution in [2.45, 2.75) is 90.3 Å². The van der Waals surface area contributed by atoms with E-state index < -0.39 is 0 Å². The van der Waals surface area contributed by atoms with Gasteiger partial charge in [-0.3, -0.25) is 0 Å². The monoisotopic (exact) mass is 343 g/mol. The van der Waals surface area contributed by atoms with E-state index >= 15 is 0 Å². The van der Waals surface area contributed by atoms with Crippen LogP contribution in [0.4, 0.5) is 4.79 Å². The maximum absolute atomic E-state index is 12.7. The molecule has 5 heteroatoms. The van der Waals surface area contributed by atoms with Crippen LogP contribution in [0.25, 0.3) is 0 Å². The first-order chi connectivity index (χ1) is 11.0. The van der Waals surface area contributed by atoms with E-state index in [2.05, 4.69) is 25.7 Å². The van der Waals surface area contributed by atoms with Crippen molar-refractivity contribution in [3.63, 3.8) is 0 Å². The average Bonchev–Trinajstić information content (AvgIpc) is 2.55. The van der Waals surface area contributed by atoms with Gasteiger partial charge in [0.1, 0.15) is 0 Å². The highest BCUT2D eigenvalue weighted by Gasteiger charge is 2.37. The fourth-order valence-electron chi connectivity index (χ4n) is 4.23. The Labute approximate surface area is 147 Å². The van der Waals surface area contributed by atoms with Gasteiger partial charge in [0.25, 0.3) is 0 Å². The molecule has 2 aliphatic rings. The molecule has 0 aromatic carbocycles. The summed E-state index contributed by atoms with van der Waals surface area (Å²) in [5.74, 6) is 0. The van der Waals surface area contributed by atoms with Crippen LogP contribution in [-0.2, 0) is 0 Å². The molecule has 0 bridgehead atoms. The fraction of sp³-hybridized carbons (Fsp3) is 0.944. The Bertz CT molecular complexity index is 361. The minimum Gasteiger partial charge on any atom is -0.318 e. The lowest BCUT2D eigenvalue weighted by atomic mass is 9.90. The Morgan fingerprint density at radius 3 is 2.26 bits per heavy atom. The molecule has 2 unspecified atom stereocenters. The molecule has 23 heavy (non-hydrogen) atoms. The van der Waals surface area contributed by atoms with E-state index in [1.165, 1.54) is 36.8 Å². The minimum atomic E-state index is -0.000126. The van der Waals surface area contributed by atoms with Gasteiger partial charge in [-0.1, -0.05) is 26.2 Å². The summed E-state index contributed by atoms with van der Waals surface area (Å²) < 4.78 is 1.41. The first kappa shape index (κ1) is 18.9. The molecule has 0 saturated carbocycles. The maximum Gasteiger partial charge on any atom is 0.335 e. The number of urea groups is 1. The zero-order valence-corrected chi connectivity index (χ0v) is 15.9. The lowest BCUT2D eigenvalue weighted by molar-refractivity contribution is 0.0428. The van der Waals surface area contributed by atoms with Crippen molar-refractivity contribution in [2.75, 3.05) is 19.6 Å². The second kappa shape index (κ2) is 9.12. The number of amides is 2. The molecule has 134 valence electrons. The van der Waals surface area contributed by atoms with Gasteiger partial charge in [0.15, 0.2) is 0 Å². The lowest BCUT2D eigenvalue weighted by Crippen LogP contribution is -2.57. The predicted molar refractivity (Wildman–Crippen MR) is 96.7 cm³/mol. The van der Waals surface area contributed by atoms with E-state index in [1.54, 1.807) is 0 Å². The fourth-order valence-corrected chi connectivity index (χ4v) is 4.43. The Kier molecular flexibility index (Phi) is 7.48. The van der Waals surface area contributed by atoms with Crippen molar-refractivity contribution in [1.29, 1.82) is 0 Å². The van der Waals surface area contributed by atoms with E-state index in [1.807, 2.05) is 4.90 Å². The molecule has 0 aliphatic carbocycles. The van der Waals surface area contributed by atoms with Crippen LogP contribution in [0.5, 0.6) is 0 Å². The van der Waals surface area contributed by atoms with Gasteiger partial charge >= 0.3 is 6.03 Å². The quantitative estimate of drug-likeness (QED) is 0.543. The summed E-state index contributed by atoms with van der Waals surface area (Å²) in [5.41, 5.74) is 0. The number of carbonyl (C=O) groups is 1. The number of hydrogen-bond acceptors (Lipinski definition) is 2. The van der Waals surface area contributed by atoms with E-state index in [-0.39, 0.29) is 18.1 Å². The van der Waals surface area contributed by atoms with Crippen LogP contribution in [0.1, 0.15) is 72.1 Å². The maximum atomic E-state index is 12.7. The van der Waals surface area contributed by atoms with Crippen LogP contribution in [0, 0.1) is 0 Å². The third-order valence-corrected chi connectivity index (χ3v) is 5.78. The molecule has 0 aromatic rings. The third-order valence-electron chi connectivity index (χ3n) is 5.47. The molecule has 2 aliphatic heterocycles. The number of piperidine rings is 2. The van der Waals surface area contributed by atoms with E-state index in [4.69, 9.17) is 11.8 Å². The standard InChI is InChI=1S/C18H34ClN3O/c1-4-5-7-12-21(19)18(23)22-15(2)13-17(14-16(22)3)20-10-8-6-9-11-20/h15-17H,4-14H2,1-3H3. The van der Waals surface area contributed by atoms with Crippen molar-refractivity contribution >= 4 is 17.8 Å². The van der Waals surface area contributed by atoms with Crippen LogP contribution in [0.15, 0.2) is 0 Å². The number of likely N-dealkylation sites (tertiary alicyclic amines) is 2. The van der Waals surface area contributed by atoms with Crippen LogP contribution in [-0.4, -0.2) is 58.0 Å². The van der Waals surface area contributed by atoms with Gasteiger partial charge in [-0.25, -0.2) is 9.21 Å². The van der Waals surface area contributed by atoms with Crippen LogP contribution in [0.2, 0.25) is 0 Å². The van der Waals surface area contributed by atoms with E-state index in [9.17, 15) is 4.79 Å². The number of halogens is 1. The Morgan fingerprint density at radius 2 is 1.70 bits per heavy atom. The van der Waals surface area contributed by atoms with Crippen molar-refractivity contribution < 1.29 is 4.79 Å². The first-order valence-electron chi connectivity index (χ1n) is 9.54. The molecule has 2 saturated heterocycles. The number of hydrogen-bond donors (Lipinski definition) is 0. The zero-order valence-electron chi connectivity index (χ0n) is 15.1. The SMILES string of the molecule is CCCCCN(Cl)C(=O)N1C(C)CC(N2CCCCC2)CC1C. The van der Waals surface area contributed by atoms with Gasteiger partial charge in [0.05, 0.1) is 0 Å². The summed E-state index contributed by atoms with van der Waals surface area (Å²) in [7, 11) is 0. The highest BCUT2D eigenvalue weighted by Crippen LogP contribution is 2.29. The van der Waals surface area contributed by atoms with Crippen LogP contribution in [0.3, 0.4) is 0 Å². The molecule has 0 radical (unpaired) electrons. The summed E-state index contributed by atoms with van der Waals surface area (Å²) in [6, 6.07) is 1.17. The minimum absolute atomic E-state index is 0.000126. The Balaban J connectivity index is 1.89. The van der Waals surface area contributed by atoms with Crippen LogP contribution < -0.4 is 0 Å². The van der Waals surface area contributed by atoms with E-state index in [0.29, 0.717) is 12.6 Å². The molecule has 2 atom stereocenters. The Morgan fingerprint density at radius 1 is 1.09 bits per heavy atom. The lowest BCUT2D eigenvalue weighted by Gasteiger charge is -2.47. The molecular weight excluding hydrogens is 310 g/mol. The second-order valence-corrected chi connectivity index (χ2v) is 7.81. The molecule has 2 amide bonds. The number of rotatable bonds is 5. The van der Waals surface area contributed by atoms with Gasteiger partial charge in [0, 0.05) is 36.4 Å². The molecule has 0 spiro atoms. The number of nitrogens with zero attached hydrogens (tertiary/aromatic N) is 3. The summed E-state index contributed by atoms with van der Waals surface area (Å²) in [5, 5.41) is 0. The van der Waals surface area contributed by atoms with Gasteiger partial charge in [-0.15, -0.1) is 0 Å². The molecule has 0 aromatic heterocycles.